The molecule has 4 nitrogen and oxygen atoms in total. The zero-order chi connectivity index (χ0) is 8.91. The Labute approximate surface area is 67.5 Å². The minimum Gasteiger partial charge on any atom is -0.353 e. The van der Waals surface area contributed by atoms with Crippen LogP contribution in [0.4, 0.5) is 0 Å². The normalized spacial score (nSPS) is 11.3. The van der Waals surface area contributed by atoms with Crippen LogP contribution in [0, 0.1) is 0 Å². The average molecular weight is 159 g/mol. The lowest BCUT2D eigenvalue weighted by atomic mass is 10.1. The molecule has 0 spiro atoms. The van der Waals surface area contributed by atoms with Crippen LogP contribution >= 0.6 is 0 Å². The molecule has 0 saturated carbocycles. The van der Waals surface area contributed by atoms with Crippen LogP contribution < -0.4 is 16.4 Å². The highest BCUT2D eigenvalue weighted by Crippen LogP contribution is 1.91. The van der Waals surface area contributed by atoms with Gasteiger partial charge in [-0.05, 0) is 20.9 Å². The Hall–Kier alpha value is -0.610. The van der Waals surface area contributed by atoms with E-state index in [0.717, 1.165) is 0 Å². The molecule has 0 aliphatic carbocycles. The molecular formula is C7H17N3O. The number of nitrogens with one attached hydrogen (secondary N) is 2. The molecule has 4 N–H and O–H groups in total. The van der Waals surface area contributed by atoms with Crippen molar-refractivity contribution in [1.29, 1.82) is 0 Å². The van der Waals surface area contributed by atoms with Crippen LogP contribution in [0.5, 0.6) is 0 Å². The molecule has 0 saturated heterocycles. The monoisotopic (exact) mass is 159 g/mol. The van der Waals surface area contributed by atoms with Crippen molar-refractivity contribution in [3.63, 3.8) is 0 Å². The van der Waals surface area contributed by atoms with Crippen molar-refractivity contribution in [2.24, 2.45) is 5.73 Å². The summed E-state index contributed by atoms with van der Waals surface area (Å²) in [5, 5.41) is 5.45. The quantitative estimate of drug-likeness (QED) is 0.496. The number of nitrogens with two attached hydrogens (primary N) is 1. The van der Waals surface area contributed by atoms with Crippen LogP contribution in [-0.4, -0.2) is 31.6 Å². The standard InChI is InChI=1S/C7H17N3O/c1-7(2,8)5-10-6(11)4-9-3/h9H,4-5,8H2,1-3H3,(H,10,11). The molecule has 0 aromatic carbocycles. The molecule has 0 aliphatic rings. The van der Waals surface area contributed by atoms with Crippen molar-refractivity contribution in [1.82, 2.24) is 10.6 Å². The second-order valence-corrected chi connectivity index (χ2v) is 3.30. The zero-order valence-electron chi connectivity index (χ0n) is 7.40. The molecule has 66 valence electrons. The van der Waals surface area contributed by atoms with Crippen molar-refractivity contribution in [2.45, 2.75) is 19.4 Å². The molecule has 0 aromatic heterocycles. The van der Waals surface area contributed by atoms with Gasteiger partial charge >= 0.3 is 0 Å². The summed E-state index contributed by atoms with van der Waals surface area (Å²) in [6.45, 7) is 4.59. The Bertz CT molecular complexity index is 128. The number of rotatable bonds is 4. The Morgan fingerprint density at radius 3 is 2.45 bits per heavy atom. The maximum Gasteiger partial charge on any atom is 0.234 e. The van der Waals surface area contributed by atoms with E-state index in [1.165, 1.54) is 0 Å². The zero-order valence-corrected chi connectivity index (χ0v) is 7.40. The molecule has 0 fully saturated rings. The van der Waals surface area contributed by atoms with Crippen molar-refractivity contribution in [2.75, 3.05) is 20.1 Å². The third kappa shape index (κ3) is 7.29. The maximum atomic E-state index is 10.9. The third-order valence-electron chi connectivity index (χ3n) is 1.08. The first-order chi connectivity index (χ1) is 4.95. The van der Waals surface area contributed by atoms with Crippen LogP contribution in [0.1, 0.15) is 13.8 Å². The first kappa shape index (κ1) is 10.4. The molecule has 0 radical (unpaired) electrons. The van der Waals surface area contributed by atoms with Crippen LogP contribution in [0.2, 0.25) is 0 Å². The summed E-state index contributed by atoms with van der Waals surface area (Å²) in [4.78, 5) is 10.9. The van der Waals surface area contributed by atoms with E-state index >= 15 is 0 Å². The Morgan fingerprint density at radius 1 is 1.55 bits per heavy atom. The Morgan fingerprint density at radius 2 is 2.09 bits per heavy atom. The number of amides is 1. The van der Waals surface area contributed by atoms with E-state index in [4.69, 9.17) is 5.73 Å². The molecule has 0 atom stereocenters. The molecule has 0 unspecified atom stereocenters. The second kappa shape index (κ2) is 4.31. The highest BCUT2D eigenvalue weighted by atomic mass is 16.1. The summed E-state index contributed by atoms with van der Waals surface area (Å²) in [6, 6.07) is 0. The predicted molar refractivity (Wildman–Crippen MR) is 45.2 cm³/mol. The van der Waals surface area contributed by atoms with Crippen LogP contribution in [-0.2, 0) is 4.79 Å². The summed E-state index contributed by atoms with van der Waals surface area (Å²) in [5.41, 5.74) is 5.31. The highest BCUT2D eigenvalue weighted by Gasteiger charge is 2.11. The first-order valence-corrected chi connectivity index (χ1v) is 3.66. The fourth-order valence-electron chi connectivity index (χ4n) is 0.549. The van der Waals surface area contributed by atoms with E-state index in [9.17, 15) is 4.79 Å². The average Bonchev–Trinajstić information content (AvgIpc) is 1.83. The number of carbonyl (C=O) groups is 1. The lowest BCUT2D eigenvalue weighted by Crippen LogP contribution is -2.46. The van der Waals surface area contributed by atoms with E-state index < -0.39 is 0 Å². The van der Waals surface area contributed by atoms with E-state index in [1.54, 1.807) is 7.05 Å². The molecule has 4 heteroatoms. The number of hydrogen-bond acceptors (Lipinski definition) is 3. The van der Waals surface area contributed by atoms with Crippen molar-refractivity contribution >= 4 is 5.91 Å². The highest BCUT2D eigenvalue weighted by molar-refractivity contribution is 5.77. The van der Waals surface area contributed by atoms with Crippen molar-refractivity contribution in [3.05, 3.63) is 0 Å². The molecule has 1 amide bonds. The third-order valence-corrected chi connectivity index (χ3v) is 1.08. The first-order valence-electron chi connectivity index (χ1n) is 3.66. The SMILES string of the molecule is CNCC(=O)NCC(C)(C)N. The number of likely N-dealkylation sites (N-methyl/N-ethyl adjacent to an activating group) is 1. The summed E-state index contributed by atoms with van der Waals surface area (Å²) in [7, 11) is 1.73. The smallest absolute Gasteiger partial charge is 0.234 e. The van der Waals surface area contributed by atoms with Gasteiger partial charge in [-0.3, -0.25) is 4.79 Å². The summed E-state index contributed by atoms with van der Waals surface area (Å²) in [5.74, 6) is -0.0222. The van der Waals surface area contributed by atoms with Gasteiger partial charge in [0.2, 0.25) is 5.91 Å². The fraction of sp³-hybridized carbons (Fsp3) is 0.857. The lowest BCUT2D eigenvalue weighted by molar-refractivity contribution is -0.120. The van der Waals surface area contributed by atoms with Gasteiger partial charge in [-0.25, -0.2) is 0 Å². The molecular weight excluding hydrogens is 142 g/mol. The molecule has 0 rings (SSSR count). The van der Waals surface area contributed by atoms with Gasteiger partial charge in [-0.15, -0.1) is 0 Å². The molecule has 11 heavy (non-hydrogen) atoms. The topological polar surface area (TPSA) is 67.2 Å². The molecule has 0 aromatic rings. The van der Waals surface area contributed by atoms with Gasteiger partial charge in [0.25, 0.3) is 0 Å². The summed E-state index contributed by atoms with van der Waals surface area (Å²) in [6.07, 6.45) is 0. The van der Waals surface area contributed by atoms with E-state index in [-0.39, 0.29) is 11.4 Å². The maximum absolute atomic E-state index is 10.9. The minimum atomic E-state index is -0.330. The van der Waals surface area contributed by atoms with Gasteiger partial charge in [-0.1, -0.05) is 0 Å². The summed E-state index contributed by atoms with van der Waals surface area (Å²) >= 11 is 0. The Kier molecular flexibility index (Phi) is 4.07. The molecule has 0 bridgehead atoms. The molecule has 0 heterocycles. The minimum absolute atomic E-state index is 0.0222. The van der Waals surface area contributed by atoms with Crippen molar-refractivity contribution < 1.29 is 4.79 Å². The predicted octanol–water partition coefficient (Wildman–Crippen LogP) is -0.941. The van der Waals surface area contributed by atoms with Gasteiger partial charge < -0.3 is 16.4 Å². The van der Waals surface area contributed by atoms with Gasteiger partial charge in [-0.2, -0.15) is 0 Å². The van der Waals surface area contributed by atoms with Gasteiger partial charge in [0.15, 0.2) is 0 Å². The number of carbonyl (C=O) groups excluding carboxylic acids is 1. The fourth-order valence-corrected chi connectivity index (χ4v) is 0.549. The second-order valence-electron chi connectivity index (χ2n) is 3.30. The van der Waals surface area contributed by atoms with Crippen LogP contribution in [0.15, 0.2) is 0 Å². The van der Waals surface area contributed by atoms with Crippen molar-refractivity contribution in [3.8, 4) is 0 Å². The largest absolute Gasteiger partial charge is 0.353 e. The van der Waals surface area contributed by atoms with Gasteiger partial charge in [0.05, 0.1) is 6.54 Å². The molecule has 0 aliphatic heterocycles. The van der Waals surface area contributed by atoms with E-state index in [0.29, 0.717) is 13.1 Å². The summed E-state index contributed by atoms with van der Waals surface area (Å²) < 4.78 is 0. The van der Waals surface area contributed by atoms with Gasteiger partial charge in [0.1, 0.15) is 0 Å². The van der Waals surface area contributed by atoms with E-state index in [2.05, 4.69) is 10.6 Å². The van der Waals surface area contributed by atoms with Gasteiger partial charge in [0, 0.05) is 12.1 Å². The lowest BCUT2D eigenvalue weighted by Gasteiger charge is -2.18. The Balaban J connectivity index is 3.46. The number of hydrogen-bond donors (Lipinski definition) is 3. The van der Waals surface area contributed by atoms with Crippen LogP contribution in [0.3, 0.4) is 0 Å². The van der Waals surface area contributed by atoms with Crippen LogP contribution in [0.25, 0.3) is 0 Å². The van der Waals surface area contributed by atoms with E-state index in [1.807, 2.05) is 13.8 Å².